The quantitative estimate of drug-likeness (QED) is 0.0553. The molecule has 4 aliphatic rings. The first-order valence-corrected chi connectivity index (χ1v) is 21.3. The molecule has 0 bridgehead atoms. The van der Waals surface area contributed by atoms with Gasteiger partial charge < -0.3 is 9.47 Å². The van der Waals surface area contributed by atoms with Gasteiger partial charge in [0.2, 0.25) is 5.41 Å². The molecule has 60 heavy (non-hydrogen) atoms. The van der Waals surface area contributed by atoms with E-state index in [0.29, 0.717) is 24.0 Å². The Balaban J connectivity index is 1.19. The Morgan fingerprint density at radius 3 is 1.67 bits per heavy atom. The molecule has 0 spiro atoms. The number of methoxy groups -OCH3 is 2. The van der Waals surface area contributed by atoms with E-state index in [4.69, 9.17) is 9.47 Å². The molecule has 15 rings (SSSR count). The molecule has 0 aromatic heterocycles. The third-order valence-electron chi connectivity index (χ3n) is 15.1. The van der Waals surface area contributed by atoms with Crippen LogP contribution >= 0.6 is 0 Å². The Kier molecular flexibility index (Phi) is 5.04. The van der Waals surface area contributed by atoms with Crippen LogP contribution in [0.1, 0.15) is 50.9 Å². The minimum Gasteiger partial charge on any atom is -0.468 e. The number of sulfonamides is 1. The Morgan fingerprint density at radius 2 is 1.12 bits per heavy atom. The molecule has 0 fully saturated rings. The van der Waals surface area contributed by atoms with Crippen molar-refractivity contribution in [2.75, 3.05) is 18.5 Å². The van der Waals surface area contributed by atoms with Crippen molar-refractivity contribution in [2.45, 2.75) is 35.1 Å². The van der Waals surface area contributed by atoms with Gasteiger partial charge in [0, 0.05) is 23.6 Å². The van der Waals surface area contributed by atoms with E-state index in [1.807, 2.05) is 0 Å². The molecule has 11 aromatic carbocycles. The largest absolute Gasteiger partial charge is 0.468 e. The van der Waals surface area contributed by atoms with Gasteiger partial charge >= 0.3 is 11.9 Å². The SMILES string of the molecule is COC(=O)C1(C(=O)OC)c2ccccc2N(S(=O)(=O)c2ccc([N+](=O)[O-])cc2)C2c3cc4c5c6c(cc7ccc8cc9c%10c%11c(cc(c%12c3c5c(c%12%11)c3c6c7c8c%103)C21)C9)C4. The summed E-state index contributed by atoms with van der Waals surface area (Å²) in [5.74, 6) is -2.86. The lowest BCUT2D eigenvalue weighted by atomic mass is 9.58. The van der Waals surface area contributed by atoms with Gasteiger partial charge in [-0.15, -0.1) is 0 Å². The highest BCUT2D eigenvalue weighted by Gasteiger charge is 2.67. The highest BCUT2D eigenvalue weighted by Crippen LogP contribution is 2.69. The number of nitro benzene ring substituents is 1. The lowest BCUT2D eigenvalue weighted by Crippen LogP contribution is -2.59. The van der Waals surface area contributed by atoms with Gasteiger partial charge in [-0.25, -0.2) is 8.42 Å². The molecule has 0 N–H and O–H groups in total. The predicted molar refractivity (Wildman–Crippen MR) is 228 cm³/mol. The molecule has 2 atom stereocenters. The third kappa shape index (κ3) is 2.96. The second-order valence-electron chi connectivity index (χ2n) is 17.2. The fourth-order valence-electron chi connectivity index (χ4n) is 13.3. The van der Waals surface area contributed by atoms with Gasteiger partial charge in [0.05, 0.1) is 35.8 Å². The summed E-state index contributed by atoms with van der Waals surface area (Å²) < 4.78 is 43.9. The number of hydrogen-bond acceptors (Lipinski definition) is 8. The number of ether oxygens (including phenoxy) is 2. The van der Waals surface area contributed by atoms with Crippen LogP contribution in [0.4, 0.5) is 11.4 Å². The minimum atomic E-state index is -4.58. The lowest BCUT2D eigenvalue weighted by molar-refractivity contribution is -0.384. The molecule has 2 unspecified atom stereocenters. The Labute approximate surface area is 338 Å². The molecule has 0 saturated carbocycles. The van der Waals surface area contributed by atoms with Crippen LogP contribution in [-0.2, 0) is 47.3 Å². The van der Waals surface area contributed by atoms with E-state index >= 15 is 18.0 Å². The van der Waals surface area contributed by atoms with Crippen molar-refractivity contribution in [3.05, 3.63) is 134 Å². The van der Waals surface area contributed by atoms with Crippen molar-refractivity contribution in [1.82, 2.24) is 0 Å². The fraction of sp³-hybridized carbons (Fsp3) is 0.143. The Bertz CT molecular complexity index is 3970. The topological polar surface area (TPSA) is 133 Å². The summed E-state index contributed by atoms with van der Waals surface area (Å²) in [7, 11) is -2.09. The first-order valence-electron chi connectivity index (χ1n) is 19.9. The number of carbonyl (C=O) groups is 2. The van der Waals surface area contributed by atoms with Crippen LogP contribution in [-0.4, -0.2) is 39.5 Å². The van der Waals surface area contributed by atoms with Gasteiger partial charge in [0.25, 0.3) is 15.7 Å². The minimum absolute atomic E-state index is 0.123. The van der Waals surface area contributed by atoms with Gasteiger partial charge in [0.15, 0.2) is 0 Å². The smallest absolute Gasteiger partial charge is 0.328 e. The van der Waals surface area contributed by atoms with Gasteiger partial charge in [0.1, 0.15) is 0 Å². The van der Waals surface area contributed by atoms with Crippen LogP contribution in [0.15, 0.2) is 89.8 Å². The van der Waals surface area contributed by atoms with Crippen LogP contribution < -0.4 is 4.31 Å². The van der Waals surface area contributed by atoms with Crippen LogP contribution in [0.2, 0.25) is 0 Å². The number of fused-ring (bicyclic) bond motifs is 4. The maximum Gasteiger partial charge on any atom is 0.328 e. The van der Waals surface area contributed by atoms with E-state index in [-0.39, 0.29) is 21.8 Å². The van der Waals surface area contributed by atoms with Gasteiger partial charge in [-0.3, -0.25) is 24.0 Å². The number of non-ortho nitro benzene ring substituents is 1. The molecule has 286 valence electrons. The summed E-state index contributed by atoms with van der Waals surface area (Å²) in [6.07, 6.45) is 1.26. The molecule has 11 aromatic rings. The van der Waals surface area contributed by atoms with E-state index in [9.17, 15) is 10.1 Å². The molecular weight excluding hydrogens is 777 g/mol. The Morgan fingerprint density at radius 1 is 0.633 bits per heavy atom. The number of esters is 2. The van der Waals surface area contributed by atoms with Crippen molar-refractivity contribution < 1.29 is 32.4 Å². The summed E-state index contributed by atoms with van der Waals surface area (Å²) >= 11 is 0. The van der Waals surface area contributed by atoms with Crippen LogP contribution in [0.5, 0.6) is 0 Å². The number of anilines is 1. The van der Waals surface area contributed by atoms with Crippen molar-refractivity contribution in [2.24, 2.45) is 0 Å². The van der Waals surface area contributed by atoms with Crippen molar-refractivity contribution >= 4 is 120 Å². The number of nitrogens with zero attached hydrogens (tertiary/aromatic N) is 2. The maximum atomic E-state index is 15.6. The summed E-state index contributed by atoms with van der Waals surface area (Å²) in [6, 6.07) is 23.7. The molecular formula is C49H26N2O8S. The summed E-state index contributed by atoms with van der Waals surface area (Å²) in [5.41, 5.74) is 3.84. The second-order valence-corrected chi connectivity index (χ2v) is 19.0. The van der Waals surface area contributed by atoms with Gasteiger partial charge in [-0.2, -0.15) is 0 Å². The molecule has 10 nitrogen and oxygen atoms in total. The zero-order valence-electron chi connectivity index (χ0n) is 31.7. The van der Waals surface area contributed by atoms with E-state index in [2.05, 4.69) is 36.4 Å². The number of hydrogen-bond donors (Lipinski definition) is 0. The first-order chi connectivity index (χ1) is 29.1. The normalized spacial score (nSPS) is 18.5. The molecule has 3 aliphatic carbocycles. The summed E-state index contributed by atoms with van der Waals surface area (Å²) in [4.78, 5) is 41.0. The third-order valence-corrected chi connectivity index (χ3v) is 16.9. The van der Waals surface area contributed by atoms with Crippen molar-refractivity contribution in [3.63, 3.8) is 0 Å². The molecule has 1 aliphatic heterocycles. The standard InChI is InChI=1S/C49H26N2O8S/c1-58-47(52)49(48(53)59-2)29-5-3-4-6-30(29)50(60(56,57)26-11-9-25(10-12-26)51(54)55)46-28-18-24-16-22-14-20-8-7-19-13-21-15-23-17-27(45(46)49)37-38(28)42-36(24)34(22)40-32(20)31(19)39-33(21)35(23)41(37)44(42)43(39)40/h3-14,17-18,45-46H,15-16H2,1-2H3. The highest BCUT2D eigenvalue weighted by atomic mass is 32.2. The van der Waals surface area contributed by atoms with Crippen molar-refractivity contribution in [3.8, 4) is 0 Å². The summed E-state index contributed by atoms with van der Waals surface area (Å²) in [6.45, 7) is 0. The zero-order valence-corrected chi connectivity index (χ0v) is 32.5. The van der Waals surface area contributed by atoms with Gasteiger partial charge in [-0.1, -0.05) is 54.6 Å². The van der Waals surface area contributed by atoms with Crippen LogP contribution in [0, 0.1) is 10.1 Å². The Hall–Kier alpha value is -7.11. The second kappa shape index (κ2) is 9.51. The summed E-state index contributed by atoms with van der Waals surface area (Å²) in [5, 5.41) is 30.7. The molecule has 1 heterocycles. The number of benzene rings is 9. The average molecular weight is 803 g/mol. The van der Waals surface area contributed by atoms with E-state index in [1.165, 1.54) is 113 Å². The number of nitro groups is 1. The van der Waals surface area contributed by atoms with Crippen LogP contribution in [0.3, 0.4) is 0 Å². The van der Waals surface area contributed by atoms with E-state index in [1.54, 1.807) is 24.3 Å². The van der Waals surface area contributed by atoms with Crippen molar-refractivity contribution in [1.29, 1.82) is 0 Å². The highest BCUT2D eigenvalue weighted by molar-refractivity contribution is 7.92. The number of para-hydroxylation sites is 1. The molecule has 0 amide bonds. The van der Waals surface area contributed by atoms with Crippen LogP contribution in [0.25, 0.3) is 86.2 Å². The monoisotopic (exact) mass is 802 g/mol. The first kappa shape index (κ1) is 31.8. The lowest BCUT2D eigenvalue weighted by Gasteiger charge is -2.52. The molecule has 0 saturated heterocycles. The molecule has 0 radical (unpaired) electrons. The number of rotatable bonds is 5. The number of carbonyl (C=O) groups excluding carboxylic acids is 2. The predicted octanol–water partition coefficient (Wildman–Crippen LogP) is 9.45. The zero-order chi connectivity index (χ0) is 40.2. The average Bonchev–Trinajstić information content (AvgIpc) is 4.01. The van der Waals surface area contributed by atoms with Gasteiger partial charge in [-0.05, 0) is 151 Å². The van der Waals surface area contributed by atoms with E-state index in [0.717, 1.165) is 38.1 Å². The maximum absolute atomic E-state index is 15.6. The fourth-order valence-corrected chi connectivity index (χ4v) is 15.0. The van der Waals surface area contributed by atoms with E-state index < -0.39 is 44.3 Å². The molecule has 11 heteroatoms.